The monoisotopic (exact) mass is 669 g/mol. The second-order valence-electron chi connectivity index (χ2n) is 16.2. The molecule has 0 atom stereocenters. The maximum Gasteiger partial charge on any atom is 0.135 e. The fourth-order valence-electron chi connectivity index (χ4n) is 11.8. The van der Waals surface area contributed by atoms with E-state index in [9.17, 15) is 0 Å². The van der Waals surface area contributed by atoms with Gasteiger partial charge in [-0.15, -0.1) is 0 Å². The Balaban J connectivity index is 1.01. The van der Waals surface area contributed by atoms with Gasteiger partial charge in [-0.05, 0) is 155 Å². The SMILES string of the molecule is c1ccc2c(c1)-c1ccc(N(c3ccc(-c4ccc5oc6ccccc6c5c4)cc3)c3ccc4ccccc4c3)cc1C21C2CC3CC(C2)CC1C3. The molecular formula is C50H39NO. The molecule has 7 aromatic carbocycles. The highest BCUT2D eigenvalue weighted by Gasteiger charge is 2.61. The van der Waals surface area contributed by atoms with Crippen LogP contribution in [-0.4, -0.2) is 0 Å². The van der Waals surface area contributed by atoms with Crippen molar-refractivity contribution in [3.8, 4) is 22.3 Å². The molecule has 0 unspecified atom stereocenters. The van der Waals surface area contributed by atoms with Crippen LogP contribution >= 0.6 is 0 Å². The molecule has 4 bridgehead atoms. The lowest BCUT2D eigenvalue weighted by atomic mass is 9.43. The van der Waals surface area contributed by atoms with Crippen molar-refractivity contribution >= 4 is 49.8 Å². The minimum Gasteiger partial charge on any atom is -0.456 e. The molecule has 5 aliphatic rings. The number of furan rings is 1. The predicted octanol–water partition coefficient (Wildman–Crippen LogP) is 13.6. The molecule has 1 aromatic heterocycles. The molecule has 8 aromatic rings. The summed E-state index contributed by atoms with van der Waals surface area (Å²) in [5.74, 6) is 3.32. The van der Waals surface area contributed by atoms with E-state index in [0.29, 0.717) is 0 Å². The highest BCUT2D eigenvalue weighted by Crippen LogP contribution is 2.69. The average Bonchev–Trinajstić information content (AvgIpc) is 3.70. The third-order valence-electron chi connectivity index (χ3n) is 13.6. The summed E-state index contributed by atoms with van der Waals surface area (Å²) in [7, 11) is 0. The van der Waals surface area contributed by atoms with E-state index in [2.05, 4.69) is 144 Å². The smallest absolute Gasteiger partial charge is 0.135 e. The van der Waals surface area contributed by atoms with Gasteiger partial charge in [0.05, 0.1) is 0 Å². The summed E-state index contributed by atoms with van der Waals surface area (Å²) in [6.07, 6.45) is 7.03. The molecule has 0 radical (unpaired) electrons. The molecule has 0 amide bonds. The van der Waals surface area contributed by atoms with Gasteiger partial charge < -0.3 is 9.32 Å². The van der Waals surface area contributed by atoms with Crippen LogP contribution in [0.2, 0.25) is 0 Å². The Labute approximate surface area is 304 Å². The minimum absolute atomic E-state index is 0.129. The number of fused-ring (bicyclic) bond motifs is 7. The summed E-state index contributed by atoms with van der Waals surface area (Å²) < 4.78 is 6.14. The van der Waals surface area contributed by atoms with Crippen molar-refractivity contribution in [2.24, 2.45) is 23.7 Å². The normalized spacial score (nSPS) is 23.8. The maximum atomic E-state index is 6.14. The molecule has 2 nitrogen and oxygen atoms in total. The van der Waals surface area contributed by atoms with Crippen LogP contribution in [0.3, 0.4) is 0 Å². The summed E-state index contributed by atoms with van der Waals surface area (Å²) in [5.41, 5.74) is 14.1. The Morgan fingerprint density at radius 2 is 1.08 bits per heavy atom. The van der Waals surface area contributed by atoms with Crippen molar-refractivity contribution in [2.45, 2.75) is 37.5 Å². The Morgan fingerprint density at radius 1 is 0.442 bits per heavy atom. The molecule has 4 fully saturated rings. The van der Waals surface area contributed by atoms with Crippen molar-refractivity contribution in [3.63, 3.8) is 0 Å². The highest BCUT2D eigenvalue weighted by atomic mass is 16.3. The molecule has 250 valence electrons. The largest absolute Gasteiger partial charge is 0.456 e. The Hall–Kier alpha value is -5.60. The molecule has 0 N–H and O–H groups in total. The van der Waals surface area contributed by atoms with E-state index in [1.165, 1.54) is 82.2 Å². The second kappa shape index (κ2) is 10.7. The first-order valence-electron chi connectivity index (χ1n) is 19.3. The first-order valence-corrected chi connectivity index (χ1v) is 19.3. The van der Waals surface area contributed by atoms with Crippen LogP contribution in [0.5, 0.6) is 0 Å². The Kier molecular flexibility index (Phi) is 5.98. The summed E-state index contributed by atoms with van der Waals surface area (Å²) in [4.78, 5) is 2.50. The van der Waals surface area contributed by atoms with Gasteiger partial charge in [-0.3, -0.25) is 0 Å². The van der Waals surface area contributed by atoms with E-state index in [-0.39, 0.29) is 5.41 Å². The van der Waals surface area contributed by atoms with E-state index < -0.39 is 0 Å². The minimum atomic E-state index is 0.129. The standard InChI is InChI=1S/C50H39NO/c1-2-8-35-28-40(19-15-33(35)7-1)51(39-17-13-34(14-18-39)36-16-22-49-45(29-36)44-10-4-6-12-48(44)52-49)41-20-21-43-42-9-3-5-11-46(42)50(47(43)30-41)37-24-31-23-32(26-37)27-38(50)25-31/h1-22,28-32,37-38H,23-27H2. The zero-order valence-corrected chi connectivity index (χ0v) is 29.1. The zero-order chi connectivity index (χ0) is 34.0. The number of rotatable bonds is 4. The van der Waals surface area contributed by atoms with Gasteiger partial charge in [-0.25, -0.2) is 0 Å². The molecule has 13 rings (SSSR count). The van der Waals surface area contributed by atoms with E-state index in [0.717, 1.165) is 45.6 Å². The number of nitrogens with zero attached hydrogens (tertiary/aromatic N) is 1. The molecule has 4 saturated carbocycles. The lowest BCUT2D eigenvalue weighted by Gasteiger charge is -2.61. The number of anilines is 3. The fourth-order valence-corrected chi connectivity index (χ4v) is 11.8. The van der Waals surface area contributed by atoms with Crippen molar-refractivity contribution in [1.82, 2.24) is 0 Å². The highest BCUT2D eigenvalue weighted by molar-refractivity contribution is 6.06. The molecule has 0 saturated heterocycles. The van der Waals surface area contributed by atoms with Crippen molar-refractivity contribution in [3.05, 3.63) is 163 Å². The summed E-state index contributed by atoms with van der Waals surface area (Å²) in [6.45, 7) is 0. The molecule has 1 spiro atoms. The van der Waals surface area contributed by atoms with Crippen molar-refractivity contribution < 1.29 is 4.42 Å². The van der Waals surface area contributed by atoms with Gasteiger partial charge in [-0.1, -0.05) is 97.1 Å². The number of hydrogen-bond acceptors (Lipinski definition) is 2. The second-order valence-corrected chi connectivity index (χ2v) is 16.2. The summed E-state index contributed by atoms with van der Waals surface area (Å²) in [5, 5.41) is 4.84. The van der Waals surface area contributed by atoms with E-state index in [4.69, 9.17) is 4.42 Å². The molecular weight excluding hydrogens is 631 g/mol. The van der Waals surface area contributed by atoms with Crippen LogP contribution < -0.4 is 4.90 Å². The van der Waals surface area contributed by atoms with E-state index >= 15 is 0 Å². The average molecular weight is 670 g/mol. The van der Waals surface area contributed by atoms with Gasteiger partial charge >= 0.3 is 0 Å². The van der Waals surface area contributed by atoms with Crippen LogP contribution in [0, 0.1) is 23.7 Å². The number of para-hydroxylation sites is 1. The van der Waals surface area contributed by atoms with Crippen LogP contribution in [0.25, 0.3) is 55.0 Å². The van der Waals surface area contributed by atoms with Crippen LogP contribution in [0.1, 0.15) is 43.2 Å². The quantitative estimate of drug-likeness (QED) is 0.185. The molecule has 2 heteroatoms. The van der Waals surface area contributed by atoms with Crippen molar-refractivity contribution in [1.29, 1.82) is 0 Å². The lowest BCUT2D eigenvalue weighted by molar-refractivity contribution is -0.0399. The first kappa shape index (κ1) is 29.0. The molecule has 5 aliphatic carbocycles. The van der Waals surface area contributed by atoms with Crippen LogP contribution in [-0.2, 0) is 5.41 Å². The van der Waals surface area contributed by atoms with Gasteiger partial charge in [0.1, 0.15) is 11.2 Å². The van der Waals surface area contributed by atoms with Gasteiger partial charge in [0, 0.05) is 33.2 Å². The number of benzene rings is 7. The molecule has 52 heavy (non-hydrogen) atoms. The first-order chi connectivity index (χ1) is 25.7. The van der Waals surface area contributed by atoms with Crippen LogP contribution in [0.15, 0.2) is 156 Å². The fraction of sp³-hybridized carbons (Fsp3) is 0.200. The third-order valence-corrected chi connectivity index (χ3v) is 13.6. The van der Waals surface area contributed by atoms with Gasteiger partial charge in [0.25, 0.3) is 0 Å². The Bertz CT molecular complexity index is 2690. The molecule has 1 heterocycles. The van der Waals surface area contributed by atoms with Crippen molar-refractivity contribution in [2.75, 3.05) is 4.90 Å². The zero-order valence-electron chi connectivity index (χ0n) is 29.1. The van der Waals surface area contributed by atoms with Gasteiger partial charge in [-0.2, -0.15) is 0 Å². The lowest BCUT2D eigenvalue weighted by Crippen LogP contribution is -2.55. The summed E-state index contributed by atoms with van der Waals surface area (Å²) in [6, 6.07) is 56.6. The van der Waals surface area contributed by atoms with E-state index in [1.807, 2.05) is 12.1 Å². The maximum absolute atomic E-state index is 6.14. The van der Waals surface area contributed by atoms with Crippen LogP contribution in [0.4, 0.5) is 17.1 Å². The predicted molar refractivity (Wildman–Crippen MR) is 215 cm³/mol. The molecule has 0 aliphatic heterocycles. The Morgan fingerprint density at radius 3 is 1.92 bits per heavy atom. The third kappa shape index (κ3) is 4.01. The summed E-state index contributed by atoms with van der Waals surface area (Å²) >= 11 is 0. The number of hydrogen-bond donors (Lipinski definition) is 0. The topological polar surface area (TPSA) is 16.4 Å². The van der Waals surface area contributed by atoms with Gasteiger partial charge in [0.2, 0.25) is 0 Å². The van der Waals surface area contributed by atoms with E-state index in [1.54, 1.807) is 11.1 Å². The van der Waals surface area contributed by atoms with Gasteiger partial charge in [0.15, 0.2) is 0 Å².